The van der Waals surface area contributed by atoms with Gasteiger partial charge in [0.2, 0.25) is 5.88 Å². The topological polar surface area (TPSA) is 64.1 Å². The molecule has 1 aromatic carbocycles. The fraction of sp³-hybridized carbons (Fsp3) is 0.250. The van der Waals surface area contributed by atoms with Crippen LogP contribution in [0.1, 0.15) is 28.7 Å². The lowest BCUT2D eigenvalue weighted by Gasteiger charge is -2.09. The summed E-state index contributed by atoms with van der Waals surface area (Å²) in [6, 6.07) is 11.4. The molecular weight excluding hydrogens is 346 g/mol. The third-order valence-electron chi connectivity index (χ3n) is 3.92. The van der Waals surface area contributed by atoms with Crippen LogP contribution in [0.4, 0.5) is 0 Å². The van der Waals surface area contributed by atoms with Crippen molar-refractivity contribution in [3.05, 3.63) is 59.5 Å². The summed E-state index contributed by atoms with van der Waals surface area (Å²) in [6.07, 6.45) is 1.84. The van der Waals surface area contributed by atoms with Crippen LogP contribution in [0.3, 0.4) is 0 Å². The van der Waals surface area contributed by atoms with E-state index in [0.29, 0.717) is 18.0 Å². The fourth-order valence-corrected chi connectivity index (χ4v) is 3.32. The largest absolute Gasteiger partial charge is 0.481 e. The summed E-state index contributed by atoms with van der Waals surface area (Å²) in [5.74, 6) is 1.45. The van der Waals surface area contributed by atoms with E-state index in [4.69, 9.17) is 4.74 Å². The summed E-state index contributed by atoms with van der Waals surface area (Å²) >= 11 is 1.75. The molecule has 6 heteroatoms. The predicted molar refractivity (Wildman–Crippen MR) is 105 cm³/mol. The Labute approximate surface area is 157 Å². The highest BCUT2D eigenvalue weighted by Gasteiger charge is 2.10. The van der Waals surface area contributed by atoms with Crippen LogP contribution >= 0.6 is 11.8 Å². The number of amides is 1. The summed E-state index contributed by atoms with van der Waals surface area (Å²) in [6.45, 7) is 4.41. The molecule has 0 atom stereocenters. The molecule has 0 aliphatic heterocycles. The maximum Gasteiger partial charge on any atom is 0.251 e. The van der Waals surface area contributed by atoms with Crippen LogP contribution < -0.4 is 10.1 Å². The van der Waals surface area contributed by atoms with Gasteiger partial charge in [-0.15, -0.1) is 11.8 Å². The number of hydrogen-bond donors (Lipinski definition) is 1. The molecule has 0 aliphatic rings. The zero-order valence-electron chi connectivity index (χ0n) is 15.1. The van der Waals surface area contributed by atoms with Crippen LogP contribution in [0.5, 0.6) is 5.88 Å². The van der Waals surface area contributed by atoms with E-state index >= 15 is 0 Å². The SMILES string of the molecule is CCSc1ccc(CNC(=O)c2ccc3c(OC)nc(C)cc3c2)nc1. The molecule has 1 amide bonds. The summed E-state index contributed by atoms with van der Waals surface area (Å²) < 4.78 is 5.32. The van der Waals surface area contributed by atoms with E-state index in [1.165, 1.54) is 0 Å². The van der Waals surface area contributed by atoms with Crippen LogP contribution in [0.25, 0.3) is 10.8 Å². The van der Waals surface area contributed by atoms with Crippen molar-refractivity contribution in [2.45, 2.75) is 25.3 Å². The van der Waals surface area contributed by atoms with Crippen molar-refractivity contribution in [1.29, 1.82) is 0 Å². The number of carbonyl (C=O) groups excluding carboxylic acids is 1. The number of nitrogens with one attached hydrogen (secondary N) is 1. The van der Waals surface area contributed by atoms with E-state index in [0.717, 1.165) is 32.8 Å². The zero-order valence-corrected chi connectivity index (χ0v) is 15.9. The van der Waals surface area contributed by atoms with Crippen LogP contribution in [0, 0.1) is 6.92 Å². The average Bonchev–Trinajstić information content (AvgIpc) is 2.66. The minimum Gasteiger partial charge on any atom is -0.481 e. The van der Waals surface area contributed by atoms with Crippen molar-refractivity contribution in [2.75, 3.05) is 12.9 Å². The second kappa shape index (κ2) is 8.19. The highest BCUT2D eigenvalue weighted by molar-refractivity contribution is 7.99. The fourth-order valence-electron chi connectivity index (χ4n) is 2.69. The third kappa shape index (κ3) is 4.14. The van der Waals surface area contributed by atoms with E-state index in [2.05, 4.69) is 22.2 Å². The standard InChI is InChI=1S/C20H21N3O2S/c1-4-26-17-7-6-16(21-12-17)11-22-19(24)14-5-8-18-15(10-14)9-13(2)23-20(18)25-3/h5-10,12H,4,11H2,1-3H3,(H,22,24). The number of thioether (sulfide) groups is 1. The highest BCUT2D eigenvalue weighted by atomic mass is 32.2. The molecule has 0 fully saturated rings. The first-order valence-electron chi connectivity index (χ1n) is 8.42. The number of methoxy groups -OCH3 is 1. The molecule has 0 saturated heterocycles. The molecule has 0 radical (unpaired) electrons. The Balaban J connectivity index is 1.73. The van der Waals surface area contributed by atoms with Gasteiger partial charge in [-0.05, 0) is 54.5 Å². The average molecular weight is 367 g/mol. The van der Waals surface area contributed by atoms with Gasteiger partial charge in [0, 0.05) is 27.7 Å². The molecule has 3 rings (SSSR count). The highest BCUT2D eigenvalue weighted by Crippen LogP contribution is 2.25. The third-order valence-corrected chi connectivity index (χ3v) is 4.78. The Morgan fingerprint density at radius 3 is 2.77 bits per heavy atom. The van der Waals surface area contributed by atoms with Crippen molar-refractivity contribution in [1.82, 2.24) is 15.3 Å². The van der Waals surface area contributed by atoms with E-state index < -0.39 is 0 Å². The lowest BCUT2D eigenvalue weighted by atomic mass is 10.1. The number of hydrogen-bond acceptors (Lipinski definition) is 5. The lowest BCUT2D eigenvalue weighted by molar-refractivity contribution is 0.0950. The number of rotatable bonds is 6. The summed E-state index contributed by atoms with van der Waals surface area (Å²) in [7, 11) is 1.60. The molecule has 26 heavy (non-hydrogen) atoms. The monoisotopic (exact) mass is 367 g/mol. The molecule has 2 heterocycles. The van der Waals surface area contributed by atoms with Crippen molar-refractivity contribution >= 4 is 28.4 Å². The molecule has 0 saturated carbocycles. The minimum atomic E-state index is -0.130. The molecule has 0 unspecified atom stereocenters. The van der Waals surface area contributed by atoms with Gasteiger partial charge >= 0.3 is 0 Å². The van der Waals surface area contributed by atoms with Gasteiger partial charge in [-0.25, -0.2) is 4.98 Å². The maximum atomic E-state index is 12.5. The molecule has 3 aromatic rings. The summed E-state index contributed by atoms with van der Waals surface area (Å²) in [5, 5.41) is 4.74. The van der Waals surface area contributed by atoms with Crippen molar-refractivity contribution < 1.29 is 9.53 Å². The van der Waals surface area contributed by atoms with Gasteiger partial charge in [-0.3, -0.25) is 9.78 Å². The Kier molecular flexibility index (Phi) is 5.73. The Bertz CT molecular complexity index is 926. The van der Waals surface area contributed by atoms with Crippen molar-refractivity contribution in [2.24, 2.45) is 0 Å². The van der Waals surface area contributed by atoms with Gasteiger partial charge in [0.05, 0.1) is 19.3 Å². The molecule has 134 valence electrons. The van der Waals surface area contributed by atoms with E-state index in [9.17, 15) is 4.79 Å². The lowest BCUT2D eigenvalue weighted by Crippen LogP contribution is -2.23. The number of nitrogens with zero attached hydrogens (tertiary/aromatic N) is 2. The number of ether oxygens (including phenoxy) is 1. The normalized spacial score (nSPS) is 10.7. The van der Waals surface area contributed by atoms with Gasteiger partial charge in [0.25, 0.3) is 5.91 Å². The number of fused-ring (bicyclic) bond motifs is 1. The predicted octanol–water partition coefficient (Wildman–Crippen LogP) is 3.99. The van der Waals surface area contributed by atoms with Gasteiger partial charge in [0.15, 0.2) is 0 Å². The van der Waals surface area contributed by atoms with Crippen LogP contribution in [0.2, 0.25) is 0 Å². The number of aromatic nitrogens is 2. The molecule has 2 aromatic heterocycles. The van der Waals surface area contributed by atoms with Crippen LogP contribution in [-0.2, 0) is 6.54 Å². The van der Waals surface area contributed by atoms with Gasteiger partial charge < -0.3 is 10.1 Å². The smallest absolute Gasteiger partial charge is 0.251 e. The maximum absolute atomic E-state index is 12.5. The van der Waals surface area contributed by atoms with Crippen molar-refractivity contribution in [3.8, 4) is 5.88 Å². The first kappa shape index (κ1) is 18.2. The molecule has 0 aliphatic carbocycles. The molecule has 1 N–H and O–H groups in total. The first-order valence-corrected chi connectivity index (χ1v) is 9.40. The number of carbonyl (C=O) groups is 1. The number of benzene rings is 1. The molecular formula is C20H21N3O2S. The molecule has 0 bridgehead atoms. The minimum absolute atomic E-state index is 0.130. The second-order valence-corrected chi connectivity index (χ2v) is 7.15. The van der Waals surface area contributed by atoms with Gasteiger partial charge in [0.1, 0.15) is 0 Å². The number of pyridine rings is 2. The van der Waals surface area contributed by atoms with Crippen molar-refractivity contribution in [3.63, 3.8) is 0 Å². The van der Waals surface area contributed by atoms with Crippen LogP contribution in [0.15, 0.2) is 47.5 Å². The Morgan fingerprint density at radius 1 is 1.23 bits per heavy atom. The quantitative estimate of drug-likeness (QED) is 0.668. The zero-order chi connectivity index (χ0) is 18.5. The molecule has 0 spiro atoms. The summed E-state index contributed by atoms with van der Waals surface area (Å²) in [5.41, 5.74) is 2.28. The first-order chi connectivity index (χ1) is 12.6. The number of aryl methyl sites for hydroxylation is 1. The Morgan fingerprint density at radius 2 is 2.08 bits per heavy atom. The summed E-state index contributed by atoms with van der Waals surface area (Å²) in [4.78, 5) is 22.4. The Hall–Kier alpha value is -2.60. The van der Waals surface area contributed by atoms with E-state index in [1.807, 2.05) is 43.5 Å². The van der Waals surface area contributed by atoms with Gasteiger partial charge in [-0.2, -0.15) is 0 Å². The van der Waals surface area contributed by atoms with E-state index in [1.54, 1.807) is 24.9 Å². The van der Waals surface area contributed by atoms with Crippen LogP contribution in [-0.4, -0.2) is 28.7 Å². The second-order valence-electron chi connectivity index (χ2n) is 5.81. The van der Waals surface area contributed by atoms with Gasteiger partial charge in [-0.1, -0.05) is 6.92 Å². The molecule has 5 nitrogen and oxygen atoms in total. The van der Waals surface area contributed by atoms with E-state index in [-0.39, 0.29) is 5.91 Å².